The van der Waals surface area contributed by atoms with Crippen LogP contribution in [0.25, 0.3) is 11.3 Å². The SMILES string of the molecule is N#Cc1c2c(c(-c3ccccc3)n(Cc3ccco3)c1=O)CCCC2. The summed E-state index contributed by atoms with van der Waals surface area (Å²) in [5.41, 5.74) is 4.08. The van der Waals surface area contributed by atoms with E-state index in [1.807, 2.05) is 42.5 Å². The van der Waals surface area contributed by atoms with Crippen LogP contribution < -0.4 is 5.56 Å². The molecular weight excluding hydrogens is 312 g/mol. The molecule has 2 heterocycles. The minimum atomic E-state index is -0.224. The Morgan fingerprint density at radius 1 is 1.04 bits per heavy atom. The molecule has 1 aliphatic rings. The quantitative estimate of drug-likeness (QED) is 0.731. The van der Waals surface area contributed by atoms with Gasteiger partial charge in [-0.25, -0.2) is 0 Å². The Kier molecular flexibility index (Phi) is 3.99. The van der Waals surface area contributed by atoms with Crippen LogP contribution in [-0.2, 0) is 19.4 Å². The van der Waals surface area contributed by atoms with Crippen molar-refractivity contribution in [1.82, 2.24) is 4.57 Å². The Bertz CT molecular complexity index is 993. The summed E-state index contributed by atoms with van der Waals surface area (Å²) in [5, 5.41) is 9.60. The number of hydrogen-bond donors (Lipinski definition) is 0. The molecule has 124 valence electrons. The lowest BCUT2D eigenvalue weighted by molar-refractivity contribution is 0.489. The third-order valence-electron chi connectivity index (χ3n) is 4.84. The van der Waals surface area contributed by atoms with E-state index in [-0.39, 0.29) is 5.56 Å². The van der Waals surface area contributed by atoms with Gasteiger partial charge in [0.15, 0.2) is 0 Å². The van der Waals surface area contributed by atoms with E-state index in [9.17, 15) is 10.1 Å². The zero-order valence-corrected chi connectivity index (χ0v) is 13.9. The molecule has 0 radical (unpaired) electrons. The molecule has 0 saturated carbocycles. The average Bonchev–Trinajstić information content (AvgIpc) is 3.16. The Labute approximate surface area is 146 Å². The fourth-order valence-corrected chi connectivity index (χ4v) is 3.72. The number of nitrogens with zero attached hydrogens (tertiary/aromatic N) is 2. The standard InChI is InChI=1S/C21H18N2O2/c22-13-19-17-10-4-5-11-18(17)20(15-7-2-1-3-8-15)23(21(19)24)14-16-9-6-12-25-16/h1-3,6-9,12H,4-5,10-11,14H2. The van der Waals surface area contributed by atoms with Gasteiger partial charge in [0.2, 0.25) is 0 Å². The van der Waals surface area contributed by atoms with Gasteiger partial charge < -0.3 is 4.42 Å². The maximum Gasteiger partial charge on any atom is 0.269 e. The van der Waals surface area contributed by atoms with Crippen molar-refractivity contribution < 1.29 is 4.42 Å². The van der Waals surface area contributed by atoms with Crippen LogP contribution >= 0.6 is 0 Å². The number of rotatable bonds is 3. The Hall–Kier alpha value is -3.06. The molecule has 4 heteroatoms. The van der Waals surface area contributed by atoms with Gasteiger partial charge in [-0.2, -0.15) is 5.26 Å². The fraction of sp³-hybridized carbons (Fsp3) is 0.238. The third kappa shape index (κ3) is 2.68. The highest BCUT2D eigenvalue weighted by Crippen LogP contribution is 2.32. The molecule has 0 saturated heterocycles. The maximum atomic E-state index is 13.1. The summed E-state index contributed by atoms with van der Waals surface area (Å²) in [6, 6.07) is 15.8. The lowest BCUT2D eigenvalue weighted by atomic mass is 9.86. The topological polar surface area (TPSA) is 58.9 Å². The number of aromatic nitrogens is 1. The minimum absolute atomic E-state index is 0.224. The van der Waals surface area contributed by atoms with Crippen molar-refractivity contribution in [2.75, 3.05) is 0 Å². The van der Waals surface area contributed by atoms with Gasteiger partial charge in [-0.15, -0.1) is 0 Å². The van der Waals surface area contributed by atoms with Crippen molar-refractivity contribution in [2.45, 2.75) is 32.2 Å². The van der Waals surface area contributed by atoms with Gasteiger partial charge in [0.1, 0.15) is 17.4 Å². The second kappa shape index (κ2) is 6.45. The van der Waals surface area contributed by atoms with Gasteiger partial charge in [0, 0.05) is 0 Å². The van der Waals surface area contributed by atoms with Crippen molar-refractivity contribution in [3.05, 3.63) is 81.5 Å². The molecule has 0 N–H and O–H groups in total. The molecular formula is C21H18N2O2. The summed E-state index contributed by atoms with van der Waals surface area (Å²) in [6.07, 6.45) is 5.40. The Balaban J connectivity index is 2.04. The lowest BCUT2D eigenvalue weighted by Crippen LogP contribution is -2.29. The van der Waals surface area contributed by atoms with Crippen LogP contribution in [0.15, 0.2) is 57.9 Å². The molecule has 1 aliphatic carbocycles. The van der Waals surface area contributed by atoms with Gasteiger partial charge in [-0.3, -0.25) is 9.36 Å². The Morgan fingerprint density at radius 3 is 2.48 bits per heavy atom. The molecule has 0 fully saturated rings. The predicted molar refractivity (Wildman–Crippen MR) is 95.3 cm³/mol. The van der Waals surface area contributed by atoms with Gasteiger partial charge in [-0.1, -0.05) is 30.3 Å². The second-order valence-electron chi connectivity index (χ2n) is 6.34. The maximum absolute atomic E-state index is 13.1. The van der Waals surface area contributed by atoms with Crippen LogP contribution in [0.1, 0.15) is 35.3 Å². The average molecular weight is 330 g/mol. The summed E-state index contributed by atoms with van der Waals surface area (Å²) >= 11 is 0. The van der Waals surface area contributed by atoms with Crippen LogP contribution in [0.3, 0.4) is 0 Å². The van der Waals surface area contributed by atoms with Gasteiger partial charge in [0.25, 0.3) is 5.56 Å². The minimum Gasteiger partial charge on any atom is -0.467 e. The summed E-state index contributed by atoms with van der Waals surface area (Å²) in [4.78, 5) is 13.1. The molecule has 0 atom stereocenters. The van der Waals surface area contributed by atoms with Gasteiger partial charge in [0.05, 0.1) is 18.5 Å². The van der Waals surface area contributed by atoms with Crippen LogP contribution in [-0.4, -0.2) is 4.57 Å². The van der Waals surface area contributed by atoms with E-state index in [0.717, 1.165) is 48.1 Å². The molecule has 0 unspecified atom stereocenters. The van der Waals surface area contributed by atoms with E-state index in [4.69, 9.17) is 4.42 Å². The highest BCUT2D eigenvalue weighted by atomic mass is 16.3. The van der Waals surface area contributed by atoms with Crippen molar-refractivity contribution >= 4 is 0 Å². The van der Waals surface area contributed by atoms with Crippen molar-refractivity contribution in [3.8, 4) is 17.3 Å². The lowest BCUT2D eigenvalue weighted by Gasteiger charge is -2.24. The van der Waals surface area contributed by atoms with E-state index < -0.39 is 0 Å². The van der Waals surface area contributed by atoms with Crippen molar-refractivity contribution in [1.29, 1.82) is 5.26 Å². The number of nitriles is 1. The van der Waals surface area contributed by atoms with E-state index in [1.165, 1.54) is 0 Å². The third-order valence-corrected chi connectivity index (χ3v) is 4.84. The van der Waals surface area contributed by atoms with Crippen LogP contribution in [0, 0.1) is 11.3 Å². The number of fused-ring (bicyclic) bond motifs is 1. The molecule has 0 spiro atoms. The summed E-state index contributed by atoms with van der Waals surface area (Å²) in [7, 11) is 0. The highest BCUT2D eigenvalue weighted by molar-refractivity contribution is 5.67. The number of furan rings is 1. The van der Waals surface area contributed by atoms with E-state index >= 15 is 0 Å². The summed E-state index contributed by atoms with van der Waals surface area (Å²) in [6.45, 7) is 0.331. The van der Waals surface area contributed by atoms with Crippen molar-refractivity contribution in [3.63, 3.8) is 0 Å². The molecule has 1 aromatic carbocycles. The molecule has 4 rings (SSSR count). The highest BCUT2D eigenvalue weighted by Gasteiger charge is 2.24. The molecule has 3 aromatic rings. The first kappa shape index (κ1) is 15.5. The number of hydrogen-bond acceptors (Lipinski definition) is 3. The monoisotopic (exact) mass is 330 g/mol. The van der Waals surface area contributed by atoms with Gasteiger partial charge >= 0.3 is 0 Å². The first-order valence-electron chi connectivity index (χ1n) is 8.56. The fourth-order valence-electron chi connectivity index (χ4n) is 3.72. The van der Waals surface area contributed by atoms with E-state index in [1.54, 1.807) is 10.8 Å². The number of pyridine rings is 1. The van der Waals surface area contributed by atoms with Crippen LogP contribution in [0.4, 0.5) is 0 Å². The largest absolute Gasteiger partial charge is 0.467 e. The Morgan fingerprint density at radius 2 is 1.80 bits per heavy atom. The molecule has 0 amide bonds. The zero-order chi connectivity index (χ0) is 17.2. The smallest absolute Gasteiger partial charge is 0.269 e. The summed E-state index contributed by atoms with van der Waals surface area (Å²) in [5.74, 6) is 0.707. The normalized spacial score (nSPS) is 13.2. The zero-order valence-electron chi connectivity index (χ0n) is 13.9. The van der Waals surface area contributed by atoms with Crippen LogP contribution in [0.2, 0.25) is 0 Å². The van der Waals surface area contributed by atoms with Crippen molar-refractivity contribution in [2.24, 2.45) is 0 Å². The second-order valence-corrected chi connectivity index (χ2v) is 6.34. The summed E-state index contributed by atoms with van der Waals surface area (Å²) < 4.78 is 7.16. The van der Waals surface area contributed by atoms with E-state index in [2.05, 4.69) is 6.07 Å². The molecule has 0 aliphatic heterocycles. The molecule has 25 heavy (non-hydrogen) atoms. The van der Waals surface area contributed by atoms with Gasteiger partial charge in [-0.05, 0) is 54.5 Å². The predicted octanol–water partition coefficient (Wildman–Crippen LogP) is 3.91. The first-order valence-corrected chi connectivity index (χ1v) is 8.56. The van der Waals surface area contributed by atoms with E-state index in [0.29, 0.717) is 17.9 Å². The molecule has 4 nitrogen and oxygen atoms in total. The molecule has 2 aromatic heterocycles. The number of benzene rings is 1. The van der Waals surface area contributed by atoms with Crippen LogP contribution in [0.5, 0.6) is 0 Å². The molecule has 0 bridgehead atoms. The first-order chi connectivity index (χ1) is 12.3.